The molecule has 2 heterocycles. The first-order valence-corrected chi connectivity index (χ1v) is 11.3. The molecule has 0 aliphatic carbocycles. The molecular weight excluding hydrogens is 441 g/mol. The van der Waals surface area contributed by atoms with Gasteiger partial charge in [0.25, 0.3) is 5.91 Å². The third-order valence-electron chi connectivity index (χ3n) is 5.23. The second kappa shape index (κ2) is 14.1. The molecule has 1 fully saturated rings. The molecule has 1 saturated heterocycles. The van der Waals surface area contributed by atoms with Crippen molar-refractivity contribution in [1.82, 2.24) is 25.4 Å². The number of aromatic amines is 1. The van der Waals surface area contributed by atoms with Crippen molar-refractivity contribution in [3.05, 3.63) is 35.3 Å². The van der Waals surface area contributed by atoms with Crippen LogP contribution in [0.3, 0.4) is 0 Å². The Morgan fingerprint density at radius 1 is 1.09 bits per heavy atom. The molecule has 34 heavy (non-hydrogen) atoms. The Morgan fingerprint density at radius 2 is 1.65 bits per heavy atom. The molecule has 0 bridgehead atoms. The van der Waals surface area contributed by atoms with E-state index in [0.717, 1.165) is 31.7 Å². The number of urea groups is 1. The summed E-state index contributed by atoms with van der Waals surface area (Å²) >= 11 is 0. The molecule has 0 atom stereocenters. The Labute approximate surface area is 200 Å². The van der Waals surface area contributed by atoms with Crippen LogP contribution in [0.2, 0.25) is 0 Å². The molecule has 1 aliphatic heterocycles. The Hall–Kier alpha value is -3.27. The van der Waals surface area contributed by atoms with E-state index in [9.17, 15) is 14.0 Å². The number of carbonyl (C=O) groups excluding carboxylic acids is 4. The fourth-order valence-corrected chi connectivity index (χ4v) is 3.75. The van der Waals surface area contributed by atoms with Gasteiger partial charge in [-0.2, -0.15) is 0 Å². The summed E-state index contributed by atoms with van der Waals surface area (Å²) in [6.45, 7) is 13.6. The SMILES string of the molecule is CC(C)N(C(=O)N1CCNCC1)C(C)C.CNC(=O)c1ccc(F)c2c(C)c[nH]c12.O=CC=O. The minimum Gasteiger partial charge on any atom is -0.360 e. The number of amides is 3. The third-order valence-corrected chi connectivity index (χ3v) is 5.23. The van der Waals surface area contributed by atoms with Crippen molar-refractivity contribution in [2.75, 3.05) is 33.2 Å². The first-order chi connectivity index (χ1) is 16.1. The van der Waals surface area contributed by atoms with E-state index in [-0.39, 0.29) is 42.4 Å². The van der Waals surface area contributed by atoms with E-state index in [1.807, 2.05) is 9.80 Å². The maximum absolute atomic E-state index is 13.5. The summed E-state index contributed by atoms with van der Waals surface area (Å²) in [4.78, 5) is 48.1. The fourth-order valence-electron chi connectivity index (χ4n) is 3.75. The molecule has 1 aromatic carbocycles. The number of H-pyrrole nitrogens is 1. The van der Waals surface area contributed by atoms with E-state index in [4.69, 9.17) is 9.59 Å². The number of hydrogen-bond donors (Lipinski definition) is 3. The monoisotopic (exact) mass is 477 g/mol. The lowest BCUT2D eigenvalue weighted by molar-refractivity contribution is -0.122. The zero-order chi connectivity index (χ0) is 25.8. The highest BCUT2D eigenvalue weighted by Gasteiger charge is 2.26. The van der Waals surface area contributed by atoms with E-state index in [1.165, 1.54) is 12.1 Å². The standard InChI is InChI=1S/C11H11FN2O.C11H23N3O.C2H2O2/c1-6-5-14-10-7(11(15)13-2)3-4-8(12)9(6)10;1-9(2)14(10(3)4)11(15)13-7-5-12-6-8-13;3-1-2-4/h3-5,14H,1-2H3,(H,13,15);9-10,12H,5-8H2,1-4H3;1-2H. The van der Waals surface area contributed by atoms with Crippen LogP contribution in [0.1, 0.15) is 43.6 Å². The number of aromatic nitrogens is 1. The van der Waals surface area contributed by atoms with Crippen LogP contribution in [0.4, 0.5) is 9.18 Å². The normalized spacial score (nSPS) is 12.9. The minimum atomic E-state index is -0.309. The van der Waals surface area contributed by atoms with Gasteiger partial charge in [0.05, 0.1) is 11.1 Å². The smallest absolute Gasteiger partial charge is 0.320 e. The summed E-state index contributed by atoms with van der Waals surface area (Å²) in [5.74, 6) is -0.529. The van der Waals surface area contributed by atoms with Crippen LogP contribution in [-0.2, 0) is 9.59 Å². The summed E-state index contributed by atoms with van der Waals surface area (Å²) < 4.78 is 13.5. The molecule has 0 spiro atoms. The van der Waals surface area contributed by atoms with E-state index in [2.05, 4.69) is 43.3 Å². The van der Waals surface area contributed by atoms with E-state index in [1.54, 1.807) is 20.2 Å². The maximum Gasteiger partial charge on any atom is 0.320 e. The molecular formula is C24H36FN5O4. The molecule has 3 rings (SSSR count). The van der Waals surface area contributed by atoms with Gasteiger partial charge in [0.15, 0.2) is 12.6 Å². The molecule has 0 radical (unpaired) electrons. The van der Waals surface area contributed by atoms with E-state index < -0.39 is 0 Å². The molecule has 10 heteroatoms. The second-order valence-corrected chi connectivity index (χ2v) is 8.28. The van der Waals surface area contributed by atoms with Crippen LogP contribution in [0.5, 0.6) is 0 Å². The highest BCUT2D eigenvalue weighted by atomic mass is 19.1. The number of hydrogen-bond acceptors (Lipinski definition) is 5. The molecule has 0 unspecified atom stereocenters. The van der Waals surface area contributed by atoms with Crippen molar-refractivity contribution in [1.29, 1.82) is 0 Å². The number of aryl methyl sites for hydroxylation is 1. The number of rotatable bonds is 4. The molecule has 188 valence electrons. The van der Waals surface area contributed by atoms with Gasteiger partial charge in [-0.15, -0.1) is 0 Å². The molecule has 2 aromatic rings. The first kappa shape index (κ1) is 28.8. The number of fused-ring (bicyclic) bond motifs is 1. The number of benzene rings is 1. The average Bonchev–Trinajstić information content (AvgIpc) is 3.22. The number of nitrogens with zero attached hydrogens (tertiary/aromatic N) is 2. The summed E-state index contributed by atoms with van der Waals surface area (Å²) in [5, 5.41) is 6.26. The third kappa shape index (κ3) is 7.65. The Balaban J connectivity index is 0.000000294. The highest BCUT2D eigenvalue weighted by molar-refractivity contribution is 6.09. The fraction of sp³-hybridized carbons (Fsp3) is 0.500. The van der Waals surface area contributed by atoms with Crippen LogP contribution >= 0.6 is 0 Å². The van der Waals surface area contributed by atoms with Crippen molar-refractivity contribution in [2.45, 2.75) is 46.7 Å². The lowest BCUT2D eigenvalue weighted by Crippen LogP contribution is -2.54. The Bertz CT molecular complexity index is 954. The lowest BCUT2D eigenvalue weighted by atomic mass is 10.1. The topological polar surface area (TPSA) is 115 Å². The van der Waals surface area contributed by atoms with Crippen LogP contribution in [0.15, 0.2) is 18.3 Å². The summed E-state index contributed by atoms with van der Waals surface area (Å²) in [6, 6.07) is 3.52. The van der Waals surface area contributed by atoms with Gasteiger partial charge in [0, 0.05) is 56.9 Å². The maximum atomic E-state index is 13.5. The zero-order valence-corrected chi connectivity index (χ0v) is 20.8. The van der Waals surface area contributed by atoms with Crippen LogP contribution < -0.4 is 10.6 Å². The predicted octanol–water partition coefficient (Wildman–Crippen LogP) is 2.49. The van der Waals surface area contributed by atoms with Crippen LogP contribution in [0, 0.1) is 12.7 Å². The van der Waals surface area contributed by atoms with Gasteiger partial charge in [-0.25, -0.2) is 9.18 Å². The minimum absolute atomic E-state index is 0.182. The van der Waals surface area contributed by atoms with Gasteiger partial charge in [-0.05, 0) is 52.3 Å². The Kier molecular flexibility index (Phi) is 11.9. The van der Waals surface area contributed by atoms with Crippen LogP contribution in [-0.4, -0.2) is 84.6 Å². The van der Waals surface area contributed by atoms with Crippen molar-refractivity contribution < 1.29 is 23.6 Å². The van der Waals surface area contributed by atoms with Gasteiger partial charge in [-0.3, -0.25) is 14.4 Å². The summed E-state index contributed by atoms with van der Waals surface area (Å²) in [7, 11) is 1.55. The number of carbonyl (C=O) groups is 4. The van der Waals surface area contributed by atoms with E-state index >= 15 is 0 Å². The zero-order valence-electron chi connectivity index (χ0n) is 20.8. The van der Waals surface area contributed by atoms with Gasteiger partial charge in [0.1, 0.15) is 5.82 Å². The van der Waals surface area contributed by atoms with Crippen molar-refractivity contribution in [3.63, 3.8) is 0 Å². The highest BCUT2D eigenvalue weighted by Crippen LogP contribution is 2.24. The van der Waals surface area contributed by atoms with Crippen molar-refractivity contribution >= 4 is 35.4 Å². The molecule has 3 N–H and O–H groups in total. The summed E-state index contributed by atoms with van der Waals surface area (Å²) in [6.07, 6.45) is 2.08. The number of nitrogens with one attached hydrogen (secondary N) is 3. The van der Waals surface area contributed by atoms with Crippen molar-refractivity contribution in [2.24, 2.45) is 0 Å². The lowest BCUT2D eigenvalue weighted by Gasteiger charge is -2.37. The van der Waals surface area contributed by atoms with Gasteiger partial charge in [0.2, 0.25) is 0 Å². The Morgan fingerprint density at radius 3 is 2.12 bits per heavy atom. The molecule has 9 nitrogen and oxygen atoms in total. The van der Waals surface area contributed by atoms with Crippen molar-refractivity contribution in [3.8, 4) is 0 Å². The van der Waals surface area contributed by atoms with Gasteiger partial charge in [-0.1, -0.05) is 0 Å². The summed E-state index contributed by atoms with van der Waals surface area (Å²) in [5.41, 5.74) is 1.81. The molecule has 3 amide bonds. The molecule has 1 aromatic heterocycles. The first-order valence-electron chi connectivity index (χ1n) is 11.3. The predicted molar refractivity (Wildman–Crippen MR) is 130 cm³/mol. The average molecular weight is 478 g/mol. The second-order valence-electron chi connectivity index (χ2n) is 8.28. The molecule has 0 saturated carbocycles. The van der Waals surface area contributed by atoms with Gasteiger partial charge < -0.3 is 25.4 Å². The quantitative estimate of drug-likeness (QED) is 0.462. The van der Waals surface area contributed by atoms with E-state index in [0.29, 0.717) is 16.5 Å². The number of halogens is 1. The number of aldehydes is 2. The van der Waals surface area contributed by atoms with Gasteiger partial charge >= 0.3 is 6.03 Å². The van der Waals surface area contributed by atoms with Crippen LogP contribution in [0.25, 0.3) is 10.9 Å². The number of piperazine rings is 1. The largest absolute Gasteiger partial charge is 0.360 e. The molecule has 1 aliphatic rings.